The lowest BCUT2D eigenvalue weighted by Crippen LogP contribution is -2.38. The zero-order valence-corrected chi connectivity index (χ0v) is 12.8. The number of benzene rings is 1. The fourth-order valence-corrected chi connectivity index (χ4v) is 2.60. The van der Waals surface area contributed by atoms with Gasteiger partial charge >= 0.3 is 0 Å². The van der Waals surface area contributed by atoms with Gasteiger partial charge in [0.05, 0.1) is 11.6 Å². The Morgan fingerprint density at radius 1 is 1.29 bits per heavy atom. The third-order valence-corrected chi connectivity index (χ3v) is 3.83. The van der Waals surface area contributed by atoms with Gasteiger partial charge < -0.3 is 15.1 Å². The number of nitrogens with zero attached hydrogens (tertiary/aromatic N) is 3. The molecule has 1 fully saturated rings. The van der Waals surface area contributed by atoms with Gasteiger partial charge in [0.25, 0.3) is 0 Å². The topological polar surface area (TPSA) is 59.4 Å². The van der Waals surface area contributed by atoms with Crippen LogP contribution < -0.4 is 5.32 Å². The standard InChI is InChI=1S/C15H18N4OS/c1-12(20)18-6-3-7-19(9-8-18)15(21)17-14-5-2-4-13(10-14)11-16/h2,4-5,10H,3,6-9H2,1H3,(H,17,21). The molecule has 0 bridgehead atoms. The zero-order chi connectivity index (χ0) is 15.2. The minimum absolute atomic E-state index is 0.109. The lowest BCUT2D eigenvalue weighted by atomic mass is 10.2. The molecule has 110 valence electrons. The Kier molecular flexibility index (Phi) is 5.12. The van der Waals surface area contributed by atoms with Gasteiger partial charge in [0, 0.05) is 38.8 Å². The molecule has 0 aromatic heterocycles. The van der Waals surface area contributed by atoms with Crippen LogP contribution >= 0.6 is 12.2 Å². The van der Waals surface area contributed by atoms with Gasteiger partial charge in [-0.25, -0.2) is 0 Å². The highest BCUT2D eigenvalue weighted by molar-refractivity contribution is 7.80. The summed E-state index contributed by atoms with van der Waals surface area (Å²) in [5.41, 5.74) is 1.41. The summed E-state index contributed by atoms with van der Waals surface area (Å²) in [6.07, 6.45) is 0.902. The highest BCUT2D eigenvalue weighted by Crippen LogP contribution is 2.12. The monoisotopic (exact) mass is 302 g/mol. The van der Waals surface area contributed by atoms with Gasteiger partial charge in [0.1, 0.15) is 0 Å². The van der Waals surface area contributed by atoms with Crippen molar-refractivity contribution in [3.05, 3.63) is 29.8 Å². The largest absolute Gasteiger partial charge is 0.347 e. The van der Waals surface area contributed by atoms with Gasteiger partial charge in [-0.1, -0.05) is 6.07 Å². The first-order chi connectivity index (χ1) is 10.1. The molecular weight excluding hydrogens is 284 g/mol. The van der Waals surface area contributed by atoms with E-state index in [-0.39, 0.29) is 5.91 Å². The molecule has 0 atom stereocenters. The Hall–Kier alpha value is -2.13. The first-order valence-electron chi connectivity index (χ1n) is 6.92. The molecule has 6 heteroatoms. The number of carbonyl (C=O) groups is 1. The van der Waals surface area contributed by atoms with Gasteiger partial charge in [0.15, 0.2) is 5.11 Å². The predicted molar refractivity (Wildman–Crippen MR) is 85.8 cm³/mol. The first kappa shape index (κ1) is 15.3. The average molecular weight is 302 g/mol. The van der Waals surface area contributed by atoms with E-state index in [0.29, 0.717) is 17.2 Å². The van der Waals surface area contributed by atoms with Crippen LogP contribution in [0, 0.1) is 11.3 Å². The Morgan fingerprint density at radius 2 is 2.00 bits per heavy atom. The molecule has 1 saturated heterocycles. The molecular formula is C15H18N4OS. The number of thiocarbonyl (C=S) groups is 1. The number of hydrogen-bond donors (Lipinski definition) is 1. The maximum Gasteiger partial charge on any atom is 0.219 e. The van der Waals surface area contributed by atoms with Crippen molar-refractivity contribution in [3.8, 4) is 6.07 Å². The van der Waals surface area contributed by atoms with E-state index < -0.39 is 0 Å². The molecule has 1 N–H and O–H groups in total. The normalized spacial score (nSPS) is 15.0. The first-order valence-corrected chi connectivity index (χ1v) is 7.32. The van der Waals surface area contributed by atoms with Crippen molar-refractivity contribution in [3.63, 3.8) is 0 Å². The van der Waals surface area contributed by atoms with Crippen molar-refractivity contribution in [1.82, 2.24) is 9.80 Å². The highest BCUT2D eigenvalue weighted by atomic mass is 32.1. The highest BCUT2D eigenvalue weighted by Gasteiger charge is 2.18. The van der Waals surface area contributed by atoms with E-state index in [9.17, 15) is 4.79 Å². The molecule has 1 aliphatic rings. The minimum Gasteiger partial charge on any atom is -0.347 e. The maximum absolute atomic E-state index is 11.4. The smallest absolute Gasteiger partial charge is 0.219 e. The maximum atomic E-state index is 11.4. The molecule has 1 aromatic carbocycles. The van der Waals surface area contributed by atoms with Crippen LogP contribution in [0.1, 0.15) is 18.9 Å². The van der Waals surface area contributed by atoms with Crippen LogP contribution in [0.15, 0.2) is 24.3 Å². The van der Waals surface area contributed by atoms with E-state index in [4.69, 9.17) is 17.5 Å². The predicted octanol–water partition coefficient (Wildman–Crippen LogP) is 1.81. The number of rotatable bonds is 1. The summed E-state index contributed by atoms with van der Waals surface area (Å²) in [6, 6.07) is 9.34. The Labute approximate surface area is 130 Å². The molecule has 0 unspecified atom stereocenters. The summed E-state index contributed by atoms with van der Waals surface area (Å²) in [5, 5.41) is 12.7. The van der Waals surface area contributed by atoms with Crippen molar-refractivity contribution in [2.24, 2.45) is 0 Å². The van der Waals surface area contributed by atoms with Crippen LogP contribution in [0.4, 0.5) is 5.69 Å². The fraction of sp³-hybridized carbons (Fsp3) is 0.400. The van der Waals surface area contributed by atoms with Gasteiger partial charge in [-0.15, -0.1) is 0 Å². The summed E-state index contributed by atoms with van der Waals surface area (Å²) >= 11 is 5.43. The summed E-state index contributed by atoms with van der Waals surface area (Å²) in [7, 11) is 0. The summed E-state index contributed by atoms with van der Waals surface area (Å²) in [4.78, 5) is 15.3. The average Bonchev–Trinajstić information content (AvgIpc) is 2.73. The lowest BCUT2D eigenvalue weighted by molar-refractivity contribution is -0.128. The second-order valence-corrected chi connectivity index (χ2v) is 5.36. The van der Waals surface area contributed by atoms with Gasteiger partial charge in [0.2, 0.25) is 5.91 Å². The molecule has 5 nitrogen and oxygen atoms in total. The van der Waals surface area contributed by atoms with Crippen LogP contribution in [0.2, 0.25) is 0 Å². The van der Waals surface area contributed by atoms with Crippen molar-refractivity contribution in [1.29, 1.82) is 5.26 Å². The van der Waals surface area contributed by atoms with E-state index in [1.165, 1.54) is 0 Å². The van der Waals surface area contributed by atoms with Crippen molar-refractivity contribution >= 4 is 28.9 Å². The van der Waals surface area contributed by atoms with Gasteiger partial charge in [-0.2, -0.15) is 5.26 Å². The van der Waals surface area contributed by atoms with Crippen LogP contribution in [0.3, 0.4) is 0 Å². The summed E-state index contributed by atoms with van der Waals surface area (Å²) in [5.74, 6) is 0.109. The fourth-order valence-electron chi connectivity index (χ4n) is 2.30. The summed E-state index contributed by atoms with van der Waals surface area (Å²) in [6.45, 7) is 4.62. The number of anilines is 1. The molecule has 0 radical (unpaired) electrons. The zero-order valence-electron chi connectivity index (χ0n) is 12.0. The Balaban J connectivity index is 1.97. The molecule has 21 heavy (non-hydrogen) atoms. The molecule has 0 spiro atoms. The second kappa shape index (κ2) is 7.04. The third-order valence-electron chi connectivity index (χ3n) is 3.47. The molecule has 1 heterocycles. The van der Waals surface area contributed by atoms with Gasteiger partial charge in [-0.05, 0) is 36.8 Å². The quantitative estimate of drug-likeness (QED) is 0.802. The number of hydrogen-bond acceptors (Lipinski definition) is 3. The van der Waals surface area contributed by atoms with Crippen LogP contribution in [-0.4, -0.2) is 47.0 Å². The molecule has 1 amide bonds. The van der Waals surface area contributed by atoms with E-state index in [2.05, 4.69) is 16.3 Å². The SMILES string of the molecule is CC(=O)N1CCCN(C(=S)Nc2cccc(C#N)c2)CC1. The number of nitriles is 1. The van der Waals surface area contributed by atoms with Gasteiger partial charge in [-0.3, -0.25) is 4.79 Å². The van der Waals surface area contributed by atoms with E-state index >= 15 is 0 Å². The molecule has 2 rings (SSSR count). The Bertz CT molecular complexity index is 581. The van der Waals surface area contributed by atoms with E-state index in [1.807, 2.05) is 17.0 Å². The number of carbonyl (C=O) groups excluding carboxylic acids is 1. The molecule has 0 aliphatic carbocycles. The molecule has 1 aliphatic heterocycles. The Morgan fingerprint density at radius 3 is 2.71 bits per heavy atom. The third kappa shape index (κ3) is 4.17. The van der Waals surface area contributed by atoms with E-state index in [1.54, 1.807) is 19.1 Å². The van der Waals surface area contributed by atoms with Crippen LogP contribution in [0.5, 0.6) is 0 Å². The molecule has 1 aromatic rings. The van der Waals surface area contributed by atoms with Crippen molar-refractivity contribution < 1.29 is 4.79 Å². The second-order valence-electron chi connectivity index (χ2n) is 4.97. The number of amides is 1. The summed E-state index contributed by atoms with van der Waals surface area (Å²) < 4.78 is 0. The lowest BCUT2D eigenvalue weighted by Gasteiger charge is -2.24. The molecule has 0 saturated carbocycles. The minimum atomic E-state index is 0.109. The van der Waals surface area contributed by atoms with Crippen molar-refractivity contribution in [2.45, 2.75) is 13.3 Å². The van der Waals surface area contributed by atoms with Crippen LogP contribution in [0.25, 0.3) is 0 Å². The van der Waals surface area contributed by atoms with Crippen LogP contribution in [-0.2, 0) is 4.79 Å². The van der Waals surface area contributed by atoms with E-state index in [0.717, 1.165) is 31.7 Å². The number of nitrogens with one attached hydrogen (secondary N) is 1. The van der Waals surface area contributed by atoms with Crippen molar-refractivity contribution in [2.75, 3.05) is 31.5 Å².